The summed E-state index contributed by atoms with van der Waals surface area (Å²) in [5.74, 6) is -1.89. The van der Waals surface area contributed by atoms with Crippen LogP contribution in [0.3, 0.4) is 0 Å². The van der Waals surface area contributed by atoms with Crippen molar-refractivity contribution in [1.29, 1.82) is 0 Å². The van der Waals surface area contributed by atoms with Gasteiger partial charge in [-0.05, 0) is 45.8 Å². The molecular weight excluding hydrogens is 528 g/mol. The largest absolute Gasteiger partial charge is 0.480 e. The Bertz CT molecular complexity index is 1160. The predicted molar refractivity (Wildman–Crippen MR) is 170 cm³/mol. The topological polar surface area (TPSA) is 144 Å². The van der Waals surface area contributed by atoms with Crippen LogP contribution >= 0.6 is 0 Å². The summed E-state index contributed by atoms with van der Waals surface area (Å²) in [4.78, 5) is 31.8. The number of carbonyl (C=O) groups excluding carboxylic acids is 1. The Morgan fingerprint density at radius 3 is 1.10 bits per heavy atom. The average Bonchev–Trinajstić information content (AvgIpc) is 2.94. The summed E-state index contributed by atoms with van der Waals surface area (Å²) < 4.78 is 0. The van der Waals surface area contributed by atoms with Crippen LogP contribution in [0.15, 0.2) is 91.0 Å². The van der Waals surface area contributed by atoms with Crippen LogP contribution in [0.5, 0.6) is 0 Å². The minimum absolute atomic E-state index is 0.0248. The maximum atomic E-state index is 10.7. The quantitative estimate of drug-likeness (QED) is 0.202. The van der Waals surface area contributed by atoms with Gasteiger partial charge < -0.3 is 26.5 Å². The van der Waals surface area contributed by atoms with Gasteiger partial charge in [-0.15, -0.1) is 0 Å². The Morgan fingerprint density at radius 2 is 0.857 bits per heavy atom. The molecule has 0 bridgehead atoms. The first-order chi connectivity index (χ1) is 19.5. The molecule has 0 saturated heterocycles. The summed E-state index contributed by atoms with van der Waals surface area (Å²) >= 11 is 0. The molecule has 0 aliphatic carbocycles. The summed E-state index contributed by atoms with van der Waals surface area (Å²) in [6.45, 7) is 12.2. The summed E-state index contributed by atoms with van der Waals surface area (Å²) in [6.07, 6.45) is 2.43. The van der Waals surface area contributed by atoms with Crippen molar-refractivity contribution >= 4 is 18.2 Å². The van der Waals surface area contributed by atoms with Crippen LogP contribution in [0.1, 0.15) is 77.5 Å². The number of hydrogen-bond donors (Lipinski definition) is 4. The zero-order valence-corrected chi connectivity index (χ0v) is 25.8. The molecule has 42 heavy (non-hydrogen) atoms. The monoisotopic (exact) mass is 576 g/mol. The first kappa shape index (κ1) is 36.2. The van der Waals surface area contributed by atoms with Gasteiger partial charge in [-0.2, -0.15) is 0 Å². The molecule has 2 unspecified atom stereocenters. The first-order valence-electron chi connectivity index (χ1n) is 14.1. The van der Waals surface area contributed by atoms with Crippen LogP contribution in [-0.4, -0.2) is 40.5 Å². The lowest BCUT2D eigenvalue weighted by molar-refractivity contribution is -0.139. The standard InChI is InChI=1S/2C12H17NO2.C11H14O/c2*1-12(2,8-10(13)11(14)15)9-6-4-3-5-7-9;1-11(2,8-9-12)10-6-4-3-5-7-10/h2*3-7,10H,8,13H2,1-2H3,(H,14,15);3-7,9H,8H2,1-2H3. The second-order valence-electron chi connectivity index (χ2n) is 12.4. The summed E-state index contributed by atoms with van der Waals surface area (Å²) in [5.41, 5.74) is 14.1. The number of aldehydes is 1. The second kappa shape index (κ2) is 16.6. The van der Waals surface area contributed by atoms with Gasteiger partial charge in [0.25, 0.3) is 0 Å². The fourth-order valence-electron chi connectivity index (χ4n) is 4.50. The third-order valence-electron chi connectivity index (χ3n) is 7.35. The van der Waals surface area contributed by atoms with Crippen molar-refractivity contribution in [2.24, 2.45) is 11.5 Å². The molecule has 7 heteroatoms. The summed E-state index contributed by atoms with van der Waals surface area (Å²) in [5, 5.41) is 17.5. The van der Waals surface area contributed by atoms with Crippen molar-refractivity contribution in [1.82, 2.24) is 0 Å². The smallest absolute Gasteiger partial charge is 0.320 e. The molecule has 0 fully saturated rings. The van der Waals surface area contributed by atoms with E-state index in [9.17, 15) is 14.4 Å². The fourth-order valence-corrected chi connectivity index (χ4v) is 4.50. The molecule has 7 nitrogen and oxygen atoms in total. The number of carbonyl (C=O) groups is 3. The van der Waals surface area contributed by atoms with E-state index in [-0.39, 0.29) is 16.2 Å². The van der Waals surface area contributed by atoms with Gasteiger partial charge >= 0.3 is 11.9 Å². The Labute approximate surface area is 251 Å². The molecule has 0 aromatic heterocycles. The molecule has 0 radical (unpaired) electrons. The van der Waals surface area contributed by atoms with Crippen LogP contribution < -0.4 is 11.5 Å². The normalized spacial score (nSPS) is 12.9. The third-order valence-corrected chi connectivity index (χ3v) is 7.35. The molecule has 0 heterocycles. The van der Waals surface area contributed by atoms with Crippen LogP contribution in [-0.2, 0) is 30.6 Å². The Balaban J connectivity index is 0.000000317. The molecule has 0 aliphatic rings. The maximum absolute atomic E-state index is 10.7. The van der Waals surface area contributed by atoms with Crippen molar-refractivity contribution in [3.8, 4) is 0 Å². The molecular formula is C35H48N2O5. The van der Waals surface area contributed by atoms with E-state index in [1.165, 1.54) is 5.56 Å². The molecule has 0 spiro atoms. The molecule has 0 amide bonds. The molecule has 0 saturated carbocycles. The van der Waals surface area contributed by atoms with E-state index in [1.807, 2.05) is 107 Å². The van der Waals surface area contributed by atoms with E-state index in [1.54, 1.807) is 0 Å². The van der Waals surface area contributed by atoms with Crippen molar-refractivity contribution in [3.63, 3.8) is 0 Å². The lowest BCUT2D eigenvalue weighted by atomic mass is 9.79. The van der Waals surface area contributed by atoms with Gasteiger partial charge in [0.2, 0.25) is 0 Å². The number of nitrogens with two attached hydrogens (primary N) is 2. The molecule has 0 aliphatic heterocycles. The van der Waals surface area contributed by atoms with Gasteiger partial charge in [-0.1, -0.05) is 133 Å². The van der Waals surface area contributed by atoms with Gasteiger partial charge in [0, 0.05) is 6.42 Å². The number of rotatable bonds is 11. The first-order valence-corrected chi connectivity index (χ1v) is 14.1. The highest BCUT2D eigenvalue weighted by atomic mass is 16.4. The van der Waals surface area contributed by atoms with E-state index >= 15 is 0 Å². The van der Waals surface area contributed by atoms with E-state index in [2.05, 4.69) is 26.0 Å². The molecule has 3 rings (SSSR count). The molecule has 2 atom stereocenters. The van der Waals surface area contributed by atoms with E-state index < -0.39 is 24.0 Å². The number of hydrogen-bond acceptors (Lipinski definition) is 5. The molecule has 3 aromatic rings. The van der Waals surface area contributed by atoms with Gasteiger partial charge in [0.15, 0.2) is 0 Å². The minimum atomic E-state index is -0.945. The molecule has 6 N–H and O–H groups in total. The minimum Gasteiger partial charge on any atom is -0.480 e. The lowest BCUT2D eigenvalue weighted by Gasteiger charge is -2.27. The average molecular weight is 577 g/mol. The number of benzene rings is 3. The van der Waals surface area contributed by atoms with Crippen molar-refractivity contribution < 1.29 is 24.6 Å². The lowest BCUT2D eigenvalue weighted by Crippen LogP contribution is -2.36. The van der Waals surface area contributed by atoms with Gasteiger partial charge in [-0.3, -0.25) is 9.59 Å². The van der Waals surface area contributed by atoms with Crippen molar-refractivity contribution in [2.75, 3.05) is 0 Å². The summed E-state index contributed by atoms with van der Waals surface area (Å²) in [7, 11) is 0. The zero-order valence-electron chi connectivity index (χ0n) is 25.8. The Morgan fingerprint density at radius 1 is 0.595 bits per heavy atom. The molecule has 228 valence electrons. The predicted octanol–water partition coefficient (Wildman–Crippen LogP) is 6.09. The highest BCUT2D eigenvalue weighted by Crippen LogP contribution is 2.29. The van der Waals surface area contributed by atoms with Crippen molar-refractivity contribution in [2.45, 2.75) is 89.1 Å². The van der Waals surface area contributed by atoms with Crippen molar-refractivity contribution in [3.05, 3.63) is 108 Å². The van der Waals surface area contributed by atoms with E-state index in [0.717, 1.165) is 17.4 Å². The number of carboxylic acids is 2. The van der Waals surface area contributed by atoms with Gasteiger partial charge in [0.1, 0.15) is 18.4 Å². The Hall–Kier alpha value is -3.81. The van der Waals surface area contributed by atoms with E-state index in [0.29, 0.717) is 19.3 Å². The van der Waals surface area contributed by atoms with Gasteiger partial charge in [-0.25, -0.2) is 0 Å². The zero-order chi connectivity index (χ0) is 32.0. The highest BCUT2D eigenvalue weighted by molar-refractivity contribution is 5.73. The van der Waals surface area contributed by atoms with Crippen LogP contribution in [0, 0.1) is 0 Å². The van der Waals surface area contributed by atoms with E-state index in [4.69, 9.17) is 21.7 Å². The summed E-state index contributed by atoms with van der Waals surface area (Å²) in [6, 6.07) is 28.1. The Kier molecular flexibility index (Phi) is 14.3. The second-order valence-corrected chi connectivity index (χ2v) is 12.4. The van der Waals surface area contributed by atoms with Crippen LogP contribution in [0.2, 0.25) is 0 Å². The highest BCUT2D eigenvalue weighted by Gasteiger charge is 2.27. The van der Waals surface area contributed by atoms with Crippen LogP contribution in [0.4, 0.5) is 0 Å². The third kappa shape index (κ3) is 12.4. The number of aliphatic carboxylic acids is 2. The maximum Gasteiger partial charge on any atom is 0.320 e. The fraction of sp³-hybridized carbons (Fsp3) is 0.400. The SMILES string of the molecule is CC(C)(CC(N)C(=O)O)c1ccccc1.CC(C)(CC(N)C(=O)O)c1ccccc1.CC(C)(CC=O)c1ccccc1. The molecule has 3 aromatic carbocycles. The van der Waals surface area contributed by atoms with Gasteiger partial charge in [0.05, 0.1) is 0 Å². The number of carboxylic acid groups (broad SMARTS) is 2. The van der Waals surface area contributed by atoms with Crippen LogP contribution in [0.25, 0.3) is 0 Å².